The van der Waals surface area contributed by atoms with Crippen LogP contribution >= 0.6 is 0 Å². The van der Waals surface area contributed by atoms with Crippen molar-refractivity contribution in [2.24, 2.45) is 29.1 Å². The smallest absolute Gasteiger partial charge is 0.268 e. The Hall–Kier alpha value is -3.69. The van der Waals surface area contributed by atoms with Gasteiger partial charge in [-0.3, -0.25) is 19.2 Å². The zero-order chi connectivity index (χ0) is 29.5. The lowest BCUT2D eigenvalue weighted by Crippen LogP contribution is -2.57. The summed E-state index contributed by atoms with van der Waals surface area (Å²) < 4.78 is 0. The molecule has 10 nitrogen and oxygen atoms in total. The van der Waals surface area contributed by atoms with Crippen molar-refractivity contribution in [3.05, 3.63) is 36.0 Å². The first-order valence-corrected chi connectivity index (χ1v) is 14.7. The molecule has 4 amide bonds. The number of likely N-dealkylation sites (tertiary alicyclic amines) is 1. The van der Waals surface area contributed by atoms with Crippen molar-refractivity contribution < 1.29 is 24.0 Å². The van der Waals surface area contributed by atoms with Crippen molar-refractivity contribution in [3.63, 3.8) is 0 Å². The first-order chi connectivity index (χ1) is 19.5. The van der Waals surface area contributed by atoms with Gasteiger partial charge in [0.25, 0.3) is 5.91 Å². The summed E-state index contributed by atoms with van der Waals surface area (Å²) >= 11 is 0. The molecule has 3 fully saturated rings. The van der Waals surface area contributed by atoms with E-state index in [1.54, 1.807) is 11.0 Å². The lowest BCUT2D eigenvalue weighted by Gasteiger charge is -2.34. The minimum atomic E-state index is -0.817. The Morgan fingerprint density at radius 1 is 1.17 bits per heavy atom. The molecule has 220 valence electrons. The van der Waals surface area contributed by atoms with Gasteiger partial charge >= 0.3 is 0 Å². The van der Waals surface area contributed by atoms with Crippen LogP contribution in [0.3, 0.4) is 0 Å². The van der Waals surface area contributed by atoms with Crippen LogP contribution in [0.25, 0.3) is 10.9 Å². The molecule has 1 saturated carbocycles. The zero-order valence-electron chi connectivity index (χ0n) is 24.2. The Balaban J connectivity index is 1.32. The third-order valence-electron chi connectivity index (χ3n) is 9.28. The van der Waals surface area contributed by atoms with Crippen molar-refractivity contribution in [1.29, 1.82) is 0 Å². The van der Waals surface area contributed by atoms with Gasteiger partial charge in [-0.05, 0) is 61.0 Å². The Kier molecular flexibility index (Phi) is 7.94. The molecule has 5 rings (SSSR count). The summed E-state index contributed by atoms with van der Waals surface area (Å²) in [5.41, 5.74) is 1.09. The first kappa shape index (κ1) is 28.8. The van der Waals surface area contributed by atoms with Gasteiger partial charge in [-0.25, -0.2) is 0 Å². The summed E-state index contributed by atoms with van der Waals surface area (Å²) in [6, 6.07) is 6.97. The molecule has 0 spiro atoms. The molecule has 41 heavy (non-hydrogen) atoms. The van der Waals surface area contributed by atoms with Gasteiger partial charge in [0.2, 0.25) is 17.7 Å². The van der Waals surface area contributed by atoms with Crippen LogP contribution in [0.5, 0.6) is 0 Å². The molecule has 0 radical (unpaired) electrons. The molecular weight excluding hydrogens is 522 g/mol. The molecule has 6 atom stereocenters. The second-order valence-corrected chi connectivity index (χ2v) is 12.9. The van der Waals surface area contributed by atoms with Gasteiger partial charge in [-0.1, -0.05) is 45.9 Å². The number of carbonyl (C=O) groups excluding carboxylic acids is 5. The largest absolute Gasteiger partial charge is 0.356 e. The van der Waals surface area contributed by atoms with Crippen molar-refractivity contribution in [2.75, 3.05) is 13.1 Å². The quantitative estimate of drug-likeness (QED) is 0.329. The number of nitrogens with zero attached hydrogens (tertiary/aromatic N) is 1. The van der Waals surface area contributed by atoms with E-state index in [9.17, 15) is 24.0 Å². The monoisotopic (exact) mass is 563 g/mol. The standard InChI is InChI=1S/C31H41N5O5/c1-17(2)12-24(35-28(39)23-14-18-8-5-6-10-22(18)34-23)30(41)36-15-21-25(31(21,3)4)26(36)29(40)33-20(16-37)13-19-9-7-11-32-27(19)38/h5-6,8,10,14,16-17,19-21,24-26,34H,7,9,11-13,15H2,1-4H3,(H,32,38)(H,33,40)(H,35,39)/t19-,20-,21-,24-,25-,26-/m0/s1. The van der Waals surface area contributed by atoms with Crippen molar-refractivity contribution in [2.45, 2.75) is 71.5 Å². The van der Waals surface area contributed by atoms with Gasteiger partial charge in [0.1, 0.15) is 24.1 Å². The minimum Gasteiger partial charge on any atom is -0.356 e. The highest BCUT2D eigenvalue weighted by atomic mass is 16.2. The Labute approximate surface area is 240 Å². The average Bonchev–Trinajstić information content (AvgIpc) is 3.31. The summed E-state index contributed by atoms with van der Waals surface area (Å²) in [5.74, 6) is -1.24. The molecule has 2 aromatic rings. The van der Waals surface area contributed by atoms with Gasteiger partial charge in [-0.2, -0.15) is 0 Å². The maximum atomic E-state index is 14.0. The fourth-order valence-electron chi connectivity index (χ4n) is 6.92. The predicted octanol–water partition coefficient (Wildman–Crippen LogP) is 2.40. The molecule has 10 heteroatoms. The second kappa shape index (κ2) is 11.3. The van der Waals surface area contributed by atoms with Crippen LogP contribution in [0, 0.1) is 29.1 Å². The van der Waals surface area contributed by atoms with E-state index in [0.717, 1.165) is 17.3 Å². The summed E-state index contributed by atoms with van der Waals surface area (Å²) in [6.07, 6.45) is 2.83. The molecule has 3 heterocycles. The van der Waals surface area contributed by atoms with E-state index in [2.05, 4.69) is 34.8 Å². The summed E-state index contributed by atoms with van der Waals surface area (Å²) in [6.45, 7) is 9.20. The molecule has 4 N–H and O–H groups in total. The number of rotatable bonds is 10. The maximum Gasteiger partial charge on any atom is 0.268 e. The van der Waals surface area contributed by atoms with E-state index in [0.29, 0.717) is 37.9 Å². The van der Waals surface area contributed by atoms with Crippen LogP contribution in [-0.4, -0.2) is 71.0 Å². The first-order valence-electron chi connectivity index (χ1n) is 14.7. The molecular formula is C31H41N5O5. The molecule has 1 aromatic carbocycles. The Morgan fingerprint density at radius 3 is 2.61 bits per heavy atom. The SMILES string of the molecule is CC(C)C[C@H](NC(=O)c1cc2ccccc2[nH]1)C(=O)N1C[C@H]2[C@@H]([C@H]1C(=O)N[C@H](C=O)C[C@@H]1CCCNC1=O)C2(C)C. The number of carbonyl (C=O) groups is 5. The third-order valence-corrected chi connectivity index (χ3v) is 9.28. The number of fused-ring (bicyclic) bond motifs is 2. The maximum absolute atomic E-state index is 14.0. The number of aromatic amines is 1. The van der Waals surface area contributed by atoms with E-state index in [4.69, 9.17) is 0 Å². The van der Waals surface area contributed by atoms with Gasteiger partial charge in [0.05, 0.1) is 6.04 Å². The fourth-order valence-corrected chi connectivity index (χ4v) is 6.92. The number of para-hydroxylation sites is 1. The van der Waals surface area contributed by atoms with Crippen LogP contribution in [0.15, 0.2) is 30.3 Å². The number of hydrogen-bond donors (Lipinski definition) is 4. The van der Waals surface area contributed by atoms with E-state index in [1.807, 2.05) is 38.1 Å². The number of amides is 4. The normalized spacial score (nSPS) is 26.2. The summed E-state index contributed by atoms with van der Waals surface area (Å²) in [4.78, 5) is 69.9. The Morgan fingerprint density at radius 2 is 1.93 bits per heavy atom. The minimum absolute atomic E-state index is 0.0409. The van der Waals surface area contributed by atoms with Gasteiger partial charge in [0, 0.05) is 29.9 Å². The van der Waals surface area contributed by atoms with E-state index in [1.165, 1.54) is 0 Å². The lowest BCUT2D eigenvalue weighted by molar-refractivity contribution is -0.142. The third kappa shape index (κ3) is 5.74. The predicted molar refractivity (Wildman–Crippen MR) is 154 cm³/mol. The van der Waals surface area contributed by atoms with Crippen LogP contribution < -0.4 is 16.0 Å². The van der Waals surface area contributed by atoms with Crippen LogP contribution in [0.1, 0.15) is 63.9 Å². The van der Waals surface area contributed by atoms with Crippen LogP contribution in [0.4, 0.5) is 0 Å². The number of nitrogens with one attached hydrogen (secondary N) is 4. The van der Waals surface area contributed by atoms with Crippen LogP contribution in [0.2, 0.25) is 0 Å². The topological polar surface area (TPSA) is 140 Å². The highest BCUT2D eigenvalue weighted by Gasteiger charge is 2.69. The van der Waals surface area contributed by atoms with Crippen molar-refractivity contribution >= 4 is 40.8 Å². The van der Waals surface area contributed by atoms with Crippen LogP contribution in [-0.2, 0) is 19.2 Å². The van der Waals surface area contributed by atoms with Gasteiger partial charge in [-0.15, -0.1) is 0 Å². The highest BCUT2D eigenvalue weighted by molar-refractivity contribution is 6.01. The number of aldehydes is 1. The molecule has 2 aliphatic heterocycles. The number of piperidine rings is 2. The van der Waals surface area contributed by atoms with Crippen molar-refractivity contribution in [3.8, 4) is 0 Å². The second-order valence-electron chi connectivity index (χ2n) is 12.9. The van der Waals surface area contributed by atoms with E-state index in [-0.39, 0.29) is 59.1 Å². The molecule has 0 unspecified atom stereocenters. The van der Waals surface area contributed by atoms with E-state index >= 15 is 0 Å². The molecule has 3 aliphatic rings. The lowest BCUT2D eigenvalue weighted by atomic mass is 9.91. The molecule has 0 bridgehead atoms. The summed E-state index contributed by atoms with van der Waals surface area (Å²) in [5, 5.41) is 9.50. The average molecular weight is 564 g/mol. The number of hydrogen-bond acceptors (Lipinski definition) is 5. The Bertz CT molecular complexity index is 1320. The number of aromatic nitrogens is 1. The molecule has 2 saturated heterocycles. The number of H-pyrrole nitrogens is 1. The highest BCUT2D eigenvalue weighted by Crippen LogP contribution is 2.65. The zero-order valence-corrected chi connectivity index (χ0v) is 24.2. The molecule has 1 aromatic heterocycles. The van der Waals surface area contributed by atoms with E-state index < -0.39 is 18.1 Å². The number of benzene rings is 1. The summed E-state index contributed by atoms with van der Waals surface area (Å²) in [7, 11) is 0. The molecule has 1 aliphatic carbocycles. The van der Waals surface area contributed by atoms with Gasteiger partial charge < -0.3 is 30.6 Å². The fraction of sp³-hybridized carbons (Fsp3) is 0.581. The van der Waals surface area contributed by atoms with Crippen molar-refractivity contribution in [1.82, 2.24) is 25.8 Å². The van der Waals surface area contributed by atoms with Gasteiger partial charge in [0.15, 0.2) is 0 Å².